The first-order valence-electron chi connectivity index (χ1n) is 7.39. The minimum atomic E-state index is -1.02. The standard InChI is InChI=1S/C18H18N4O3/c1-11-9-15(7-5-12(11)6-8-16(23)24)21-17(25)13-3-2-4-14(10-13)22-18(19)20/h2-10H,1H3,(H,21,25)(H,23,24)(H4,19,20,22). The molecule has 6 N–H and O–H groups in total. The van der Waals surface area contributed by atoms with Crippen LogP contribution in [0.3, 0.4) is 0 Å². The largest absolute Gasteiger partial charge is 0.478 e. The lowest BCUT2D eigenvalue weighted by Gasteiger charge is -2.09. The topological polar surface area (TPSA) is 128 Å². The smallest absolute Gasteiger partial charge is 0.328 e. The fraction of sp³-hybridized carbons (Fsp3) is 0.0556. The molecule has 7 heteroatoms. The first-order chi connectivity index (χ1) is 11.8. The van der Waals surface area contributed by atoms with Crippen molar-refractivity contribution in [2.24, 2.45) is 5.73 Å². The van der Waals surface area contributed by atoms with Crippen LogP contribution < -0.4 is 16.4 Å². The molecule has 128 valence electrons. The number of aryl methyl sites for hydroxylation is 1. The lowest BCUT2D eigenvalue weighted by Crippen LogP contribution is -2.20. The van der Waals surface area contributed by atoms with Crippen molar-refractivity contribution in [1.29, 1.82) is 5.41 Å². The highest BCUT2D eigenvalue weighted by Gasteiger charge is 2.08. The van der Waals surface area contributed by atoms with E-state index < -0.39 is 5.97 Å². The average molecular weight is 338 g/mol. The lowest BCUT2D eigenvalue weighted by atomic mass is 10.1. The van der Waals surface area contributed by atoms with Gasteiger partial charge in [0, 0.05) is 23.0 Å². The molecule has 0 aliphatic heterocycles. The minimum absolute atomic E-state index is 0.210. The number of aliphatic carboxylic acids is 1. The number of hydrogen-bond donors (Lipinski definition) is 5. The third-order valence-corrected chi connectivity index (χ3v) is 3.34. The van der Waals surface area contributed by atoms with Gasteiger partial charge < -0.3 is 21.5 Å². The second-order valence-corrected chi connectivity index (χ2v) is 5.32. The molecule has 0 bridgehead atoms. The van der Waals surface area contributed by atoms with Crippen molar-refractivity contribution in [3.63, 3.8) is 0 Å². The number of carboxylic acids is 1. The van der Waals surface area contributed by atoms with Crippen LogP contribution in [0.1, 0.15) is 21.5 Å². The summed E-state index contributed by atoms with van der Waals surface area (Å²) in [6, 6.07) is 11.8. The van der Waals surface area contributed by atoms with Gasteiger partial charge >= 0.3 is 5.97 Å². The van der Waals surface area contributed by atoms with Gasteiger partial charge in [0.15, 0.2) is 5.96 Å². The summed E-state index contributed by atoms with van der Waals surface area (Å²) >= 11 is 0. The van der Waals surface area contributed by atoms with Crippen LogP contribution in [-0.4, -0.2) is 22.9 Å². The quantitative estimate of drug-likeness (QED) is 0.325. The number of hydrogen-bond acceptors (Lipinski definition) is 3. The summed E-state index contributed by atoms with van der Waals surface area (Å²) in [6.07, 6.45) is 2.56. The van der Waals surface area contributed by atoms with Crippen molar-refractivity contribution in [3.8, 4) is 0 Å². The minimum Gasteiger partial charge on any atom is -0.478 e. The second-order valence-electron chi connectivity index (χ2n) is 5.32. The third-order valence-electron chi connectivity index (χ3n) is 3.34. The highest BCUT2D eigenvalue weighted by Crippen LogP contribution is 2.18. The normalized spacial score (nSPS) is 10.4. The van der Waals surface area contributed by atoms with Gasteiger partial charge in [-0.15, -0.1) is 0 Å². The van der Waals surface area contributed by atoms with Crippen molar-refractivity contribution in [3.05, 3.63) is 65.2 Å². The molecule has 0 aliphatic carbocycles. The molecule has 0 aliphatic rings. The number of amides is 1. The molecular formula is C18H18N4O3. The van der Waals surface area contributed by atoms with Crippen LogP contribution in [0.25, 0.3) is 6.08 Å². The maximum absolute atomic E-state index is 12.3. The van der Waals surface area contributed by atoms with Gasteiger partial charge in [-0.05, 0) is 54.5 Å². The Morgan fingerprint density at radius 3 is 2.48 bits per heavy atom. The molecule has 0 heterocycles. The number of carbonyl (C=O) groups excluding carboxylic acids is 1. The first kappa shape index (κ1) is 17.7. The predicted octanol–water partition coefficient (Wildman–Crippen LogP) is 2.65. The van der Waals surface area contributed by atoms with Crippen LogP contribution in [0, 0.1) is 12.3 Å². The highest BCUT2D eigenvalue weighted by atomic mass is 16.4. The maximum atomic E-state index is 12.3. The molecule has 0 radical (unpaired) electrons. The summed E-state index contributed by atoms with van der Waals surface area (Å²) in [5.41, 5.74) is 8.43. The molecule has 2 aromatic carbocycles. The van der Waals surface area contributed by atoms with E-state index in [9.17, 15) is 9.59 Å². The number of carbonyl (C=O) groups is 2. The van der Waals surface area contributed by atoms with Gasteiger partial charge in [-0.1, -0.05) is 12.1 Å². The Kier molecular flexibility index (Phi) is 5.52. The maximum Gasteiger partial charge on any atom is 0.328 e. The fourth-order valence-corrected chi connectivity index (χ4v) is 2.20. The second kappa shape index (κ2) is 7.78. The number of benzene rings is 2. The van der Waals surface area contributed by atoms with E-state index in [4.69, 9.17) is 16.2 Å². The molecule has 1 amide bonds. The molecular weight excluding hydrogens is 320 g/mol. The van der Waals surface area contributed by atoms with Crippen molar-refractivity contribution < 1.29 is 14.7 Å². The zero-order valence-corrected chi connectivity index (χ0v) is 13.5. The van der Waals surface area contributed by atoms with Crippen LogP contribution in [-0.2, 0) is 4.79 Å². The number of carboxylic acid groups (broad SMARTS) is 1. The van der Waals surface area contributed by atoms with Crippen LogP contribution in [0.2, 0.25) is 0 Å². The Labute approximate surface area is 144 Å². The van der Waals surface area contributed by atoms with E-state index >= 15 is 0 Å². The van der Waals surface area contributed by atoms with Crippen LogP contribution in [0.4, 0.5) is 11.4 Å². The first-order valence-corrected chi connectivity index (χ1v) is 7.39. The van der Waals surface area contributed by atoms with Gasteiger partial charge in [0.05, 0.1) is 0 Å². The Hall–Kier alpha value is -3.61. The summed E-state index contributed by atoms with van der Waals surface area (Å²) in [7, 11) is 0. The zero-order chi connectivity index (χ0) is 18.4. The molecule has 0 saturated heterocycles. The van der Waals surface area contributed by atoms with Gasteiger partial charge in [0.2, 0.25) is 0 Å². The van der Waals surface area contributed by atoms with Crippen LogP contribution in [0.15, 0.2) is 48.5 Å². The van der Waals surface area contributed by atoms with E-state index in [-0.39, 0.29) is 11.9 Å². The fourth-order valence-electron chi connectivity index (χ4n) is 2.20. The zero-order valence-electron chi connectivity index (χ0n) is 13.5. The summed E-state index contributed by atoms with van der Waals surface area (Å²) < 4.78 is 0. The number of nitrogens with two attached hydrogens (primary N) is 1. The van der Waals surface area contributed by atoms with Gasteiger partial charge in [-0.3, -0.25) is 10.2 Å². The third kappa shape index (κ3) is 5.21. The van der Waals surface area contributed by atoms with Crippen molar-refractivity contribution in [2.45, 2.75) is 6.92 Å². The number of anilines is 2. The van der Waals surface area contributed by atoms with E-state index in [1.54, 1.807) is 42.5 Å². The highest BCUT2D eigenvalue weighted by molar-refractivity contribution is 6.05. The number of guanidine groups is 1. The van der Waals surface area contributed by atoms with Crippen molar-refractivity contribution >= 4 is 35.3 Å². The Morgan fingerprint density at radius 1 is 1.12 bits per heavy atom. The Bertz CT molecular complexity index is 859. The van der Waals surface area contributed by atoms with Gasteiger partial charge in [-0.25, -0.2) is 4.79 Å². The van der Waals surface area contributed by atoms with Gasteiger partial charge in [-0.2, -0.15) is 0 Å². The molecule has 7 nitrogen and oxygen atoms in total. The molecule has 2 aromatic rings. The summed E-state index contributed by atoms with van der Waals surface area (Å²) in [4.78, 5) is 22.9. The van der Waals surface area contributed by atoms with E-state index in [2.05, 4.69) is 10.6 Å². The molecule has 0 atom stereocenters. The molecule has 0 aromatic heterocycles. The molecule has 0 saturated carbocycles. The van der Waals surface area contributed by atoms with Crippen LogP contribution in [0.5, 0.6) is 0 Å². The van der Waals surface area contributed by atoms with E-state index in [1.165, 1.54) is 6.08 Å². The predicted molar refractivity (Wildman–Crippen MR) is 97.8 cm³/mol. The lowest BCUT2D eigenvalue weighted by molar-refractivity contribution is -0.131. The summed E-state index contributed by atoms with van der Waals surface area (Å²) in [5.74, 6) is -1.53. The molecule has 0 fully saturated rings. The van der Waals surface area contributed by atoms with Gasteiger partial charge in [0.25, 0.3) is 5.91 Å². The monoisotopic (exact) mass is 338 g/mol. The van der Waals surface area contributed by atoms with Crippen molar-refractivity contribution in [1.82, 2.24) is 0 Å². The Morgan fingerprint density at radius 2 is 1.84 bits per heavy atom. The van der Waals surface area contributed by atoms with E-state index in [1.807, 2.05) is 6.92 Å². The van der Waals surface area contributed by atoms with Crippen molar-refractivity contribution in [2.75, 3.05) is 10.6 Å². The Balaban J connectivity index is 2.14. The summed E-state index contributed by atoms with van der Waals surface area (Å²) in [6.45, 7) is 1.83. The van der Waals surface area contributed by atoms with E-state index in [0.717, 1.165) is 17.2 Å². The molecule has 25 heavy (non-hydrogen) atoms. The number of rotatable bonds is 5. The van der Waals surface area contributed by atoms with Gasteiger partial charge in [0.1, 0.15) is 0 Å². The summed E-state index contributed by atoms with van der Waals surface area (Å²) in [5, 5.41) is 21.3. The van der Waals surface area contributed by atoms with Crippen LogP contribution >= 0.6 is 0 Å². The molecule has 0 spiro atoms. The molecule has 2 rings (SSSR count). The number of nitrogens with one attached hydrogen (secondary N) is 3. The van der Waals surface area contributed by atoms with E-state index in [0.29, 0.717) is 16.9 Å². The average Bonchev–Trinajstić information content (AvgIpc) is 2.53. The SMILES string of the molecule is Cc1cc(NC(=O)c2cccc(NC(=N)N)c2)ccc1C=CC(=O)O. The molecule has 0 unspecified atom stereocenters.